The molecule has 2 aromatic carbocycles. The lowest BCUT2D eigenvalue weighted by Gasteiger charge is -2.27. The number of carbonyl (C=O) groups excluding carboxylic acids is 2. The highest BCUT2D eigenvalue weighted by atomic mass is 16.5. The fourth-order valence-corrected chi connectivity index (χ4v) is 3.41. The summed E-state index contributed by atoms with van der Waals surface area (Å²) in [6, 6.07) is 12.8. The molecule has 1 fully saturated rings. The molecule has 0 bridgehead atoms. The summed E-state index contributed by atoms with van der Waals surface area (Å²) in [5, 5.41) is 2.86. The summed E-state index contributed by atoms with van der Waals surface area (Å²) < 4.78 is 10.9. The van der Waals surface area contributed by atoms with Gasteiger partial charge in [0.15, 0.2) is 17.8 Å². The minimum Gasteiger partial charge on any atom is -0.443 e. The van der Waals surface area contributed by atoms with Crippen LogP contribution in [0.15, 0.2) is 53.3 Å². The summed E-state index contributed by atoms with van der Waals surface area (Å²) in [7, 11) is 0. The molecule has 1 aliphatic rings. The summed E-state index contributed by atoms with van der Waals surface area (Å²) in [6.07, 6.45) is 1.22. The van der Waals surface area contributed by atoms with Gasteiger partial charge in [-0.05, 0) is 43.2 Å². The van der Waals surface area contributed by atoms with Gasteiger partial charge in [0.2, 0.25) is 0 Å². The van der Waals surface area contributed by atoms with Crippen LogP contribution in [0.25, 0.3) is 11.3 Å². The van der Waals surface area contributed by atoms with Gasteiger partial charge in [-0.15, -0.1) is 0 Å². The molecule has 7 nitrogen and oxygen atoms in total. The number of rotatable bonds is 4. The average Bonchev–Trinajstić information content (AvgIpc) is 3.26. The molecule has 0 saturated carbocycles. The number of nitrogens with one attached hydrogen (secondary N) is 1. The Morgan fingerprint density at radius 2 is 1.80 bits per heavy atom. The Bertz CT molecular complexity index is 1080. The fraction of sp³-hybridized carbons (Fsp3) is 0.261. The standard InChI is InChI=1S/C23H23N3O4/c1-15-7-8-17(13-16(15)2)25-22(27)20-21(30-14-24-20)18-5-3-4-6-19(18)23(28)26-9-11-29-12-10-26/h3-8,13-14H,9-12H2,1-2H3,(H,25,27). The zero-order valence-electron chi connectivity index (χ0n) is 17.0. The molecule has 7 heteroatoms. The van der Waals surface area contributed by atoms with Crippen molar-refractivity contribution in [3.05, 3.63) is 71.2 Å². The second-order valence-electron chi connectivity index (χ2n) is 7.23. The topological polar surface area (TPSA) is 84.7 Å². The normalized spacial score (nSPS) is 13.9. The molecule has 2 amide bonds. The number of anilines is 1. The molecule has 2 heterocycles. The quantitative estimate of drug-likeness (QED) is 0.716. The Morgan fingerprint density at radius 3 is 2.57 bits per heavy atom. The molecule has 154 valence electrons. The van der Waals surface area contributed by atoms with Gasteiger partial charge in [0.05, 0.1) is 18.8 Å². The summed E-state index contributed by atoms with van der Waals surface area (Å²) in [5.74, 6) is -0.241. The molecule has 0 aliphatic carbocycles. The van der Waals surface area contributed by atoms with Gasteiger partial charge in [-0.1, -0.05) is 24.3 Å². The van der Waals surface area contributed by atoms with Gasteiger partial charge in [-0.2, -0.15) is 0 Å². The van der Waals surface area contributed by atoms with Gasteiger partial charge >= 0.3 is 0 Å². The monoisotopic (exact) mass is 405 g/mol. The molecule has 1 saturated heterocycles. The van der Waals surface area contributed by atoms with Gasteiger partial charge in [-0.25, -0.2) is 4.98 Å². The first-order valence-electron chi connectivity index (χ1n) is 9.83. The Balaban J connectivity index is 1.63. The molecule has 1 N–H and O–H groups in total. The third kappa shape index (κ3) is 3.97. The van der Waals surface area contributed by atoms with Crippen molar-refractivity contribution in [3.63, 3.8) is 0 Å². The van der Waals surface area contributed by atoms with Crippen LogP contribution in [0, 0.1) is 13.8 Å². The van der Waals surface area contributed by atoms with Crippen LogP contribution in [0.3, 0.4) is 0 Å². The molecule has 0 radical (unpaired) electrons. The average molecular weight is 405 g/mol. The van der Waals surface area contributed by atoms with Gasteiger partial charge in [0.1, 0.15) is 0 Å². The minimum atomic E-state index is -0.393. The van der Waals surface area contributed by atoms with Crippen LogP contribution < -0.4 is 5.32 Å². The largest absolute Gasteiger partial charge is 0.443 e. The first-order valence-corrected chi connectivity index (χ1v) is 9.83. The molecular formula is C23H23N3O4. The maximum absolute atomic E-state index is 13.1. The third-order valence-corrected chi connectivity index (χ3v) is 5.25. The molecule has 0 spiro atoms. The smallest absolute Gasteiger partial charge is 0.278 e. The fourth-order valence-electron chi connectivity index (χ4n) is 3.41. The van der Waals surface area contributed by atoms with Gasteiger partial charge in [0, 0.05) is 24.3 Å². The van der Waals surface area contributed by atoms with E-state index in [1.807, 2.05) is 32.0 Å². The number of amides is 2. The number of aromatic nitrogens is 1. The SMILES string of the molecule is Cc1ccc(NC(=O)c2ncoc2-c2ccccc2C(=O)N2CCOCC2)cc1C. The highest BCUT2D eigenvalue weighted by molar-refractivity contribution is 6.08. The number of carbonyl (C=O) groups is 2. The molecule has 1 aliphatic heterocycles. The Kier molecular flexibility index (Phi) is 5.63. The van der Waals surface area contributed by atoms with E-state index in [2.05, 4.69) is 10.3 Å². The summed E-state index contributed by atoms with van der Waals surface area (Å²) in [5.41, 5.74) is 4.04. The number of ether oxygens (including phenoxy) is 1. The number of aryl methyl sites for hydroxylation is 2. The van der Waals surface area contributed by atoms with Crippen molar-refractivity contribution in [2.75, 3.05) is 31.6 Å². The molecule has 3 aromatic rings. The van der Waals surface area contributed by atoms with E-state index in [0.29, 0.717) is 43.1 Å². The molecular weight excluding hydrogens is 382 g/mol. The second-order valence-corrected chi connectivity index (χ2v) is 7.23. The summed E-state index contributed by atoms with van der Waals surface area (Å²) >= 11 is 0. The van der Waals surface area contributed by atoms with Crippen LogP contribution in [0.4, 0.5) is 5.69 Å². The van der Waals surface area contributed by atoms with Crippen LogP contribution in [0.5, 0.6) is 0 Å². The van der Waals surface area contributed by atoms with E-state index in [1.165, 1.54) is 6.39 Å². The first kappa shape index (κ1) is 19.8. The van der Waals surface area contributed by atoms with Crippen LogP contribution in [0.2, 0.25) is 0 Å². The van der Waals surface area contributed by atoms with E-state index in [-0.39, 0.29) is 17.4 Å². The molecule has 0 unspecified atom stereocenters. The van der Waals surface area contributed by atoms with Crippen LogP contribution in [0.1, 0.15) is 32.0 Å². The predicted octanol–water partition coefficient (Wildman–Crippen LogP) is 3.68. The Labute approximate surface area is 174 Å². The Morgan fingerprint density at radius 1 is 1.03 bits per heavy atom. The highest BCUT2D eigenvalue weighted by Crippen LogP contribution is 2.28. The van der Waals surface area contributed by atoms with Crippen molar-refractivity contribution in [1.82, 2.24) is 9.88 Å². The van der Waals surface area contributed by atoms with Gasteiger partial charge < -0.3 is 19.4 Å². The number of nitrogens with zero attached hydrogens (tertiary/aromatic N) is 2. The number of oxazole rings is 1. The van der Waals surface area contributed by atoms with Crippen molar-refractivity contribution in [3.8, 4) is 11.3 Å². The predicted molar refractivity (Wildman–Crippen MR) is 113 cm³/mol. The molecule has 4 rings (SSSR count). The first-order chi connectivity index (χ1) is 14.5. The van der Waals surface area contributed by atoms with E-state index in [4.69, 9.17) is 9.15 Å². The molecule has 1 aromatic heterocycles. The minimum absolute atomic E-state index is 0.120. The zero-order valence-corrected chi connectivity index (χ0v) is 17.0. The van der Waals surface area contributed by atoms with E-state index < -0.39 is 5.91 Å². The third-order valence-electron chi connectivity index (χ3n) is 5.25. The maximum Gasteiger partial charge on any atom is 0.278 e. The van der Waals surface area contributed by atoms with E-state index in [1.54, 1.807) is 29.2 Å². The molecule has 0 atom stereocenters. The summed E-state index contributed by atoms with van der Waals surface area (Å²) in [6.45, 7) is 6.09. The lowest BCUT2D eigenvalue weighted by molar-refractivity contribution is 0.0303. The number of benzene rings is 2. The van der Waals surface area contributed by atoms with Crippen molar-refractivity contribution in [2.24, 2.45) is 0 Å². The maximum atomic E-state index is 13.1. The van der Waals surface area contributed by atoms with E-state index in [0.717, 1.165) is 11.1 Å². The zero-order chi connectivity index (χ0) is 21.1. The molecule has 30 heavy (non-hydrogen) atoms. The number of morpholine rings is 1. The van der Waals surface area contributed by atoms with Crippen molar-refractivity contribution < 1.29 is 18.7 Å². The van der Waals surface area contributed by atoms with Gasteiger partial charge in [-0.3, -0.25) is 9.59 Å². The highest BCUT2D eigenvalue weighted by Gasteiger charge is 2.26. The van der Waals surface area contributed by atoms with Crippen molar-refractivity contribution >= 4 is 17.5 Å². The lowest BCUT2D eigenvalue weighted by atomic mass is 10.0. The number of hydrogen-bond acceptors (Lipinski definition) is 5. The van der Waals surface area contributed by atoms with Crippen LogP contribution in [-0.4, -0.2) is 48.0 Å². The van der Waals surface area contributed by atoms with Crippen molar-refractivity contribution in [1.29, 1.82) is 0 Å². The van der Waals surface area contributed by atoms with Crippen LogP contribution >= 0.6 is 0 Å². The lowest BCUT2D eigenvalue weighted by Crippen LogP contribution is -2.40. The summed E-state index contributed by atoms with van der Waals surface area (Å²) in [4.78, 5) is 31.8. The van der Waals surface area contributed by atoms with E-state index >= 15 is 0 Å². The van der Waals surface area contributed by atoms with Crippen LogP contribution in [-0.2, 0) is 4.74 Å². The van der Waals surface area contributed by atoms with Gasteiger partial charge in [0.25, 0.3) is 11.8 Å². The Hall–Kier alpha value is -3.45. The second kappa shape index (κ2) is 8.51. The van der Waals surface area contributed by atoms with Crippen molar-refractivity contribution in [2.45, 2.75) is 13.8 Å². The van der Waals surface area contributed by atoms with E-state index in [9.17, 15) is 9.59 Å². The number of hydrogen-bond donors (Lipinski definition) is 1.